The van der Waals surface area contributed by atoms with Crippen LogP contribution in [-0.2, 0) is 4.74 Å². The van der Waals surface area contributed by atoms with Gasteiger partial charge in [0, 0.05) is 43.4 Å². The first-order valence-corrected chi connectivity index (χ1v) is 7.20. The van der Waals surface area contributed by atoms with E-state index >= 15 is 0 Å². The van der Waals surface area contributed by atoms with E-state index in [4.69, 9.17) is 10.5 Å². The molecule has 0 radical (unpaired) electrons. The average Bonchev–Trinajstić information content (AvgIpc) is 2.49. The molecule has 1 fully saturated rings. The molecule has 1 aliphatic rings. The third-order valence-corrected chi connectivity index (χ3v) is 4.00. The van der Waals surface area contributed by atoms with E-state index in [1.165, 1.54) is 12.8 Å². The van der Waals surface area contributed by atoms with Crippen LogP contribution in [0.5, 0.6) is 0 Å². The van der Waals surface area contributed by atoms with Crippen LogP contribution in [-0.4, -0.2) is 31.3 Å². The van der Waals surface area contributed by atoms with Crippen molar-refractivity contribution in [3.8, 4) is 0 Å². The fourth-order valence-corrected chi connectivity index (χ4v) is 2.87. The summed E-state index contributed by atoms with van der Waals surface area (Å²) in [5.41, 5.74) is 8.20. The molecule has 1 aromatic carbocycles. The molecule has 1 atom stereocenters. The van der Waals surface area contributed by atoms with Crippen LogP contribution in [0.1, 0.15) is 19.3 Å². The van der Waals surface area contributed by atoms with Gasteiger partial charge in [-0.05, 0) is 31.4 Å². The van der Waals surface area contributed by atoms with Gasteiger partial charge < -0.3 is 15.4 Å². The number of ether oxygens (including phenoxy) is 1. The Hall–Kier alpha value is -1.81. The maximum atomic E-state index is 6.31. The van der Waals surface area contributed by atoms with E-state index in [1.54, 1.807) is 6.20 Å². The Labute approximate surface area is 119 Å². The second-order valence-corrected chi connectivity index (χ2v) is 5.46. The van der Waals surface area contributed by atoms with Gasteiger partial charge in [0.1, 0.15) is 0 Å². The topological polar surface area (TPSA) is 51.4 Å². The summed E-state index contributed by atoms with van der Waals surface area (Å²) in [6.45, 7) is 1.78. The average molecular weight is 271 g/mol. The Kier molecular flexibility index (Phi) is 3.74. The van der Waals surface area contributed by atoms with Crippen molar-refractivity contribution in [1.82, 2.24) is 4.98 Å². The number of hydrogen-bond acceptors (Lipinski definition) is 4. The van der Waals surface area contributed by atoms with E-state index in [0.29, 0.717) is 6.10 Å². The normalized spacial score (nSPS) is 19.1. The summed E-state index contributed by atoms with van der Waals surface area (Å²) in [6, 6.07) is 6.12. The maximum absolute atomic E-state index is 6.31. The van der Waals surface area contributed by atoms with Gasteiger partial charge in [0.2, 0.25) is 0 Å². The highest BCUT2D eigenvalue weighted by molar-refractivity contribution is 5.98. The number of aromatic nitrogens is 1. The van der Waals surface area contributed by atoms with Gasteiger partial charge in [0.15, 0.2) is 0 Å². The molecule has 0 aliphatic carbocycles. The Bertz CT molecular complexity index is 593. The number of fused-ring (bicyclic) bond motifs is 1. The molecule has 4 heteroatoms. The molecule has 1 aromatic heterocycles. The largest absolute Gasteiger partial charge is 0.397 e. The zero-order chi connectivity index (χ0) is 13.9. The molecule has 0 bridgehead atoms. The Morgan fingerprint density at radius 2 is 2.25 bits per heavy atom. The van der Waals surface area contributed by atoms with Gasteiger partial charge in [-0.3, -0.25) is 4.98 Å². The molecule has 0 amide bonds. The van der Waals surface area contributed by atoms with Gasteiger partial charge in [-0.1, -0.05) is 6.07 Å². The molecule has 20 heavy (non-hydrogen) atoms. The highest BCUT2D eigenvalue weighted by Gasteiger charge is 2.17. The van der Waals surface area contributed by atoms with Gasteiger partial charge in [-0.25, -0.2) is 0 Å². The minimum atomic E-state index is 0.321. The van der Waals surface area contributed by atoms with E-state index in [9.17, 15) is 0 Å². The summed E-state index contributed by atoms with van der Waals surface area (Å²) in [5, 5.41) is 2.14. The standard InChI is InChI=1S/C16H21N3O/c1-19(11-13-4-2-3-9-20-13)15-6-5-12-10-18-8-7-14(12)16(15)17/h5-8,10,13H,2-4,9,11,17H2,1H3. The van der Waals surface area contributed by atoms with Gasteiger partial charge >= 0.3 is 0 Å². The van der Waals surface area contributed by atoms with Gasteiger partial charge in [-0.15, -0.1) is 0 Å². The number of pyridine rings is 1. The summed E-state index contributed by atoms with van der Waals surface area (Å²) in [5.74, 6) is 0. The molecule has 2 heterocycles. The molecule has 3 rings (SSSR count). The van der Waals surface area contributed by atoms with Crippen LogP contribution in [0.25, 0.3) is 10.8 Å². The molecule has 1 unspecified atom stereocenters. The Morgan fingerprint density at radius 3 is 3.05 bits per heavy atom. The van der Waals surface area contributed by atoms with Crippen LogP contribution in [0.4, 0.5) is 11.4 Å². The Morgan fingerprint density at radius 1 is 1.35 bits per heavy atom. The van der Waals surface area contributed by atoms with Crippen molar-refractivity contribution < 1.29 is 4.74 Å². The third kappa shape index (κ3) is 2.56. The first-order chi connectivity index (χ1) is 9.75. The van der Waals surface area contributed by atoms with Crippen molar-refractivity contribution in [3.05, 3.63) is 30.6 Å². The van der Waals surface area contributed by atoms with Crippen LogP contribution in [0.15, 0.2) is 30.6 Å². The molecule has 2 N–H and O–H groups in total. The minimum absolute atomic E-state index is 0.321. The zero-order valence-corrected chi connectivity index (χ0v) is 11.9. The smallest absolute Gasteiger partial charge is 0.0749 e. The molecule has 106 valence electrons. The predicted octanol–water partition coefficient (Wildman–Crippen LogP) is 2.82. The fourth-order valence-electron chi connectivity index (χ4n) is 2.87. The maximum Gasteiger partial charge on any atom is 0.0749 e. The molecule has 0 saturated carbocycles. The summed E-state index contributed by atoms with van der Waals surface area (Å²) >= 11 is 0. The van der Waals surface area contributed by atoms with Crippen LogP contribution >= 0.6 is 0 Å². The number of anilines is 2. The number of benzene rings is 1. The highest BCUT2D eigenvalue weighted by Crippen LogP contribution is 2.30. The number of hydrogen-bond donors (Lipinski definition) is 1. The first kappa shape index (κ1) is 13.2. The van der Waals surface area contributed by atoms with Crippen LogP contribution < -0.4 is 10.6 Å². The quantitative estimate of drug-likeness (QED) is 0.872. The molecule has 0 spiro atoms. The lowest BCUT2D eigenvalue weighted by Crippen LogP contribution is -2.33. The van der Waals surface area contributed by atoms with Crippen LogP contribution in [0.3, 0.4) is 0 Å². The molecule has 1 aliphatic heterocycles. The van der Waals surface area contributed by atoms with Crippen molar-refractivity contribution >= 4 is 22.1 Å². The van der Waals surface area contributed by atoms with Crippen LogP contribution in [0, 0.1) is 0 Å². The van der Waals surface area contributed by atoms with Crippen molar-refractivity contribution in [2.45, 2.75) is 25.4 Å². The summed E-state index contributed by atoms with van der Waals surface area (Å²) in [6.07, 6.45) is 7.54. The van der Waals surface area contributed by atoms with Gasteiger partial charge in [-0.2, -0.15) is 0 Å². The first-order valence-electron chi connectivity index (χ1n) is 7.20. The van der Waals surface area contributed by atoms with E-state index in [2.05, 4.69) is 29.1 Å². The van der Waals surface area contributed by atoms with E-state index in [-0.39, 0.29) is 0 Å². The monoisotopic (exact) mass is 271 g/mol. The number of nitrogens with zero attached hydrogens (tertiary/aromatic N) is 2. The lowest BCUT2D eigenvalue weighted by atomic mass is 10.1. The molecular formula is C16H21N3O. The lowest BCUT2D eigenvalue weighted by Gasteiger charge is -2.29. The lowest BCUT2D eigenvalue weighted by molar-refractivity contribution is 0.0216. The van der Waals surface area contributed by atoms with E-state index < -0.39 is 0 Å². The van der Waals surface area contributed by atoms with Crippen LogP contribution in [0.2, 0.25) is 0 Å². The molecule has 2 aromatic rings. The van der Waals surface area contributed by atoms with Crippen molar-refractivity contribution in [3.63, 3.8) is 0 Å². The molecule has 1 saturated heterocycles. The number of nitrogens with two attached hydrogens (primary N) is 1. The summed E-state index contributed by atoms with van der Waals surface area (Å²) in [4.78, 5) is 6.33. The fraction of sp³-hybridized carbons (Fsp3) is 0.438. The van der Waals surface area contributed by atoms with E-state index in [0.717, 1.165) is 41.7 Å². The van der Waals surface area contributed by atoms with Crippen molar-refractivity contribution in [1.29, 1.82) is 0 Å². The second-order valence-electron chi connectivity index (χ2n) is 5.46. The Balaban J connectivity index is 1.83. The number of likely N-dealkylation sites (N-methyl/N-ethyl adjacent to an activating group) is 1. The zero-order valence-electron chi connectivity index (χ0n) is 11.9. The third-order valence-electron chi connectivity index (χ3n) is 4.00. The number of rotatable bonds is 3. The second kappa shape index (κ2) is 5.67. The minimum Gasteiger partial charge on any atom is -0.397 e. The summed E-state index contributed by atoms with van der Waals surface area (Å²) in [7, 11) is 2.08. The van der Waals surface area contributed by atoms with Gasteiger partial charge in [0.25, 0.3) is 0 Å². The number of nitrogen functional groups attached to an aromatic ring is 1. The molecular weight excluding hydrogens is 250 g/mol. The SMILES string of the molecule is CN(CC1CCCCO1)c1ccc2cnccc2c1N. The molecule has 4 nitrogen and oxygen atoms in total. The summed E-state index contributed by atoms with van der Waals surface area (Å²) < 4.78 is 5.80. The van der Waals surface area contributed by atoms with Crippen molar-refractivity contribution in [2.24, 2.45) is 0 Å². The van der Waals surface area contributed by atoms with Crippen molar-refractivity contribution in [2.75, 3.05) is 30.8 Å². The van der Waals surface area contributed by atoms with E-state index in [1.807, 2.05) is 12.3 Å². The van der Waals surface area contributed by atoms with Gasteiger partial charge in [0.05, 0.1) is 17.5 Å². The predicted molar refractivity (Wildman–Crippen MR) is 83.0 cm³/mol. The highest BCUT2D eigenvalue weighted by atomic mass is 16.5.